The molecular formula is C21H28N6O2. The number of benzene rings is 1. The minimum Gasteiger partial charge on any atom is -0.343 e. The van der Waals surface area contributed by atoms with Crippen LogP contribution in [-0.2, 0) is 17.6 Å². The number of likely N-dealkylation sites (tertiary alicyclic amines) is 1. The molecule has 154 valence electrons. The number of carbonyl (C=O) groups excluding carboxylic acids is 1. The van der Waals surface area contributed by atoms with Crippen molar-refractivity contribution in [2.24, 2.45) is 5.92 Å². The molecule has 1 aliphatic heterocycles. The van der Waals surface area contributed by atoms with Crippen LogP contribution in [0, 0.1) is 5.92 Å². The summed E-state index contributed by atoms with van der Waals surface area (Å²) in [5, 5.41) is 4.03. The van der Waals surface area contributed by atoms with Gasteiger partial charge in [-0.15, -0.1) is 0 Å². The minimum atomic E-state index is 0.220. The van der Waals surface area contributed by atoms with Gasteiger partial charge in [0.1, 0.15) is 5.82 Å². The third kappa shape index (κ3) is 4.75. The van der Waals surface area contributed by atoms with Crippen molar-refractivity contribution in [3.05, 3.63) is 35.9 Å². The van der Waals surface area contributed by atoms with Gasteiger partial charge in [0.25, 0.3) is 0 Å². The number of aromatic nitrogens is 4. The lowest BCUT2D eigenvalue weighted by Gasteiger charge is -2.32. The summed E-state index contributed by atoms with van der Waals surface area (Å²) in [7, 11) is 3.77. The Morgan fingerprint density at radius 1 is 1.21 bits per heavy atom. The molecule has 0 radical (unpaired) electrons. The number of piperidine rings is 1. The maximum atomic E-state index is 12.6. The van der Waals surface area contributed by atoms with Crippen LogP contribution in [0.1, 0.15) is 37.3 Å². The third-order valence-corrected chi connectivity index (χ3v) is 5.60. The van der Waals surface area contributed by atoms with Crippen LogP contribution in [0.3, 0.4) is 0 Å². The Labute approximate surface area is 170 Å². The first kappa shape index (κ1) is 19.4. The molecule has 1 aliphatic rings. The largest absolute Gasteiger partial charge is 0.343 e. The highest BCUT2D eigenvalue weighted by Gasteiger charge is 2.23. The van der Waals surface area contributed by atoms with Crippen LogP contribution >= 0.6 is 0 Å². The lowest BCUT2D eigenvalue weighted by molar-refractivity contribution is -0.132. The Morgan fingerprint density at radius 3 is 2.72 bits per heavy atom. The predicted octanol–water partition coefficient (Wildman–Crippen LogP) is 2.82. The number of aromatic amines is 1. The van der Waals surface area contributed by atoms with Gasteiger partial charge in [0.05, 0.1) is 11.0 Å². The van der Waals surface area contributed by atoms with Gasteiger partial charge in [-0.05, 0) is 37.3 Å². The van der Waals surface area contributed by atoms with E-state index in [9.17, 15) is 4.79 Å². The molecule has 0 bridgehead atoms. The van der Waals surface area contributed by atoms with Gasteiger partial charge in [-0.1, -0.05) is 17.3 Å². The highest BCUT2D eigenvalue weighted by molar-refractivity contribution is 5.77. The fourth-order valence-electron chi connectivity index (χ4n) is 3.84. The minimum absolute atomic E-state index is 0.220. The number of hydrogen-bond acceptors (Lipinski definition) is 6. The molecule has 0 unspecified atom stereocenters. The Bertz CT molecular complexity index is 922. The maximum absolute atomic E-state index is 12.6. The molecule has 1 fully saturated rings. The molecule has 4 rings (SSSR count). The third-order valence-electron chi connectivity index (χ3n) is 5.60. The molecule has 0 spiro atoms. The van der Waals surface area contributed by atoms with E-state index in [4.69, 9.17) is 4.52 Å². The van der Waals surface area contributed by atoms with Crippen molar-refractivity contribution >= 4 is 23.0 Å². The number of nitrogens with zero attached hydrogens (tertiary/aromatic N) is 5. The fraction of sp³-hybridized carbons (Fsp3) is 0.524. The summed E-state index contributed by atoms with van der Waals surface area (Å²) in [5.74, 6) is 2.47. The van der Waals surface area contributed by atoms with Gasteiger partial charge in [0.15, 0.2) is 5.82 Å². The van der Waals surface area contributed by atoms with Gasteiger partial charge in [-0.3, -0.25) is 4.79 Å². The van der Waals surface area contributed by atoms with Crippen LogP contribution in [-0.4, -0.2) is 58.1 Å². The lowest BCUT2D eigenvalue weighted by atomic mass is 9.92. The smallest absolute Gasteiger partial charge is 0.323 e. The second kappa shape index (κ2) is 8.63. The molecule has 8 nitrogen and oxygen atoms in total. The van der Waals surface area contributed by atoms with Crippen LogP contribution < -0.4 is 4.90 Å². The van der Waals surface area contributed by atoms with E-state index in [0.717, 1.165) is 61.5 Å². The van der Waals surface area contributed by atoms with Crippen molar-refractivity contribution in [1.29, 1.82) is 0 Å². The highest BCUT2D eigenvalue weighted by atomic mass is 16.5. The van der Waals surface area contributed by atoms with Crippen LogP contribution in [0.2, 0.25) is 0 Å². The molecule has 29 heavy (non-hydrogen) atoms. The average Bonchev–Trinajstić information content (AvgIpc) is 3.37. The summed E-state index contributed by atoms with van der Waals surface area (Å²) >= 11 is 0. The number of amides is 1. The zero-order valence-electron chi connectivity index (χ0n) is 17.1. The van der Waals surface area contributed by atoms with E-state index in [1.165, 1.54) is 0 Å². The monoisotopic (exact) mass is 396 g/mol. The number of imidazole rings is 1. The number of para-hydroxylation sites is 2. The Balaban J connectivity index is 1.20. The Kier molecular flexibility index (Phi) is 5.78. The number of nitrogens with one attached hydrogen (secondary N) is 1. The first-order valence-electron chi connectivity index (χ1n) is 10.3. The van der Waals surface area contributed by atoms with Crippen LogP contribution in [0.4, 0.5) is 6.01 Å². The number of hydrogen-bond donors (Lipinski definition) is 1. The normalized spacial score (nSPS) is 15.2. The number of fused-ring (bicyclic) bond motifs is 1. The topological polar surface area (TPSA) is 91.2 Å². The van der Waals surface area contributed by atoms with Gasteiger partial charge < -0.3 is 19.3 Å². The second-order valence-corrected chi connectivity index (χ2v) is 7.95. The van der Waals surface area contributed by atoms with Crippen molar-refractivity contribution < 1.29 is 9.32 Å². The first-order chi connectivity index (χ1) is 14.1. The molecule has 1 amide bonds. The molecule has 1 aromatic carbocycles. The SMILES string of the molecule is CN(C)c1nc(CCC2CCN(C(=O)CCc3nc4ccccc4[nH]3)CC2)no1. The van der Waals surface area contributed by atoms with E-state index >= 15 is 0 Å². The molecule has 3 aromatic rings. The van der Waals surface area contributed by atoms with E-state index < -0.39 is 0 Å². The van der Waals surface area contributed by atoms with Crippen molar-refractivity contribution in [1.82, 2.24) is 25.0 Å². The van der Waals surface area contributed by atoms with Gasteiger partial charge in [0.2, 0.25) is 5.91 Å². The average molecular weight is 396 g/mol. The van der Waals surface area contributed by atoms with Crippen LogP contribution in [0.5, 0.6) is 0 Å². The van der Waals surface area contributed by atoms with Crippen molar-refractivity contribution in [3.63, 3.8) is 0 Å². The van der Waals surface area contributed by atoms with Crippen molar-refractivity contribution in [2.75, 3.05) is 32.1 Å². The first-order valence-corrected chi connectivity index (χ1v) is 10.3. The predicted molar refractivity (Wildman–Crippen MR) is 111 cm³/mol. The number of aryl methyl sites for hydroxylation is 2. The zero-order chi connectivity index (χ0) is 20.2. The van der Waals surface area contributed by atoms with Crippen molar-refractivity contribution in [3.8, 4) is 0 Å². The molecule has 1 N–H and O–H groups in total. The summed E-state index contributed by atoms with van der Waals surface area (Å²) in [5.41, 5.74) is 1.98. The van der Waals surface area contributed by atoms with Gasteiger partial charge in [0, 0.05) is 46.4 Å². The van der Waals surface area contributed by atoms with E-state index in [1.54, 1.807) is 0 Å². The van der Waals surface area contributed by atoms with E-state index in [0.29, 0.717) is 24.8 Å². The molecule has 0 aliphatic carbocycles. The summed E-state index contributed by atoms with van der Waals surface area (Å²) in [6.07, 6.45) is 5.08. The fourth-order valence-corrected chi connectivity index (χ4v) is 3.84. The molecule has 3 heterocycles. The number of anilines is 1. The lowest BCUT2D eigenvalue weighted by Crippen LogP contribution is -2.38. The Hall–Kier alpha value is -2.90. The van der Waals surface area contributed by atoms with Gasteiger partial charge in [-0.2, -0.15) is 4.98 Å². The molecular weight excluding hydrogens is 368 g/mol. The zero-order valence-corrected chi connectivity index (χ0v) is 17.1. The molecule has 0 atom stereocenters. The van der Waals surface area contributed by atoms with Crippen molar-refractivity contribution in [2.45, 2.75) is 38.5 Å². The summed E-state index contributed by atoms with van der Waals surface area (Å²) < 4.78 is 5.20. The van der Waals surface area contributed by atoms with E-state index in [1.807, 2.05) is 48.2 Å². The highest BCUT2D eigenvalue weighted by Crippen LogP contribution is 2.23. The van der Waals surface area contributed by atoms with Gasteiger partial charge >= 0.3 is 6.01 Å². The van der Waals surface area contributed by atoms with Crippen LogP contribution in [0.15, 0.2) is 28.8 Å². The van der Waals surface area contributed by atoms with Crippen LogP contribution in [0.25, 0.3) is 11.0 Å². The molecule has 1 saturated heterocycles. The number of rotatable bonds is 7. The molecule has 8 heteroatoms. The molecule has 2 aromatic heterocycles. The number of H-pyrrole nitrogens is 1. The number of carbonyl (C=O) groups is 1. The maximum Gasteiger partial charge on any atom is 0.323 e. The summed E-state index contributed by atoms with van der Waals surface area (Å²) in [4.78, 5) is 28.6. The van der Waals surface area contributed by atoms with E-state index in [-0.39, 0.29) is 5.91 Å². The van der Waals surface area contributed by atoms with E-state index in [2.05, 4.69) is 20.1 Å². The molecule has 0 saturated carbocycles. The summed E-state index contributed by atoms with van der Waals surface area (Å²) in [6, 6.07) is 8.50. The second-order valence-electron chi connectivity index (χ2n) is 7.95. The Morgan fingerprint density at radius 2 is 2.00 bits per heavy atom. The van der Waals surface area contributed by atoms with Gasteiger partial charge in [-0.25, -0.2) is 4.98 Å². The standard InChI is InChI=1S/C21H28N6O2/c1-26(2)21-24-19(25-29-21)8-7-15-11-13-27(14-12-15)20(28)10-9-18-22-16-5-3-4-6-17(16)23-18/h3-6,15H,7-14H2,1-2H3,(H,22,23). The quantitative estimate of drug-likeness (QED) is 0.660. The summed E-state index contributed by atoms with van der Waals surface area (Å²) in [6.45, 7) is 1.66.